The van der Waals surface area contributed by atoms with Crippen LogP contribution in [0.4, 0.5) is 0 Å². The number of hydrogen-bond donors (Lipinski definition) is 0. The first-order chi connectivity index (χ1) is 11.3. The van der Waals surface area contributed by atoms with E-state index in [0.717, 1.165) is 17.7 Å². The molecule has 0 amide bonds. The Hall–Kier alpha value is -2.99. The summed E-state index contributed by atoms with van der Waals surface area (Å²) >= 11 is 0. The molecule has 0 unspecified atom stereocenters. The summed E-state index contributed by atoms with van der Waals surface area (Å²) in [5.41, 5.74) is 1.38. The van der Waals surface area contributed by atoms with Gasteiger partial charge in [0.2, 0.25) is 0 Å². The van der Waals surface area contributed by atoms with Crippen LogP contribution in [0.1, 0.15) is 12.8 Å². The molecule has 0 bridgehead atoms. The maximum Gasteiger partial charge on any atom is 0.193 e. The van der Waals surface area contributed by atoms with E-state index in [4.69, 9.17) is 15.6 Å². The van der Waals surface area contributed by atoms with E-state index in [1.54, 1.807) is 12.1 Å². The summed E-state index contributed by atoms with van der Waals surface area (Å²) in [7, 11) is 0. The Balaban J connectivity index is 1.82. The van der Waals surface area contributed by atoms with Crippen LogP contribution in [0.2, 0.25) is 0 Å². The Morgan fingerprint density at radius 2 is 1.87 bits per heavy atom. The smallest absolute Gasteiger partial charge is 0.193 e. The van der Waals surface area contributed by atoms with Gasteiger partial charge in [-0.25, -0.2) is 0 Å². The van der Waals surface area contributed by atoms with Crippen LogP contribution in [0, 0.1) is 12.3 Å². The molecular formula is C20H16O3. The minimum atomic E-state index is -0.0449. The molecule has 0 saturated carbocycles. The summed E-state index contributed by atoms with van der Waals surface area (Å²) in [6.07, 6.45) is 6.74. The van der Waals surface area contributed by atoms with Crippen LogP contribution in [-0.4, -0.2) is 6.61 Å². The van der Waals surface area contributed by atoms with Gasteiger partial charge >= 0.3 is 0 Å². The average Bonchev–Trinajstić information content (AvgIpc) is 2.59. The molecule has 0 radical (unpaired) electrons. The van der Waals surface area contributed by atoms with Crippen LogP contribution in [0.3, 0.4) is 0 Å². The highest BCUT2D eigenvalue weighted by molar-refractivity contribution is 5.78. The fraction of sp³-hybridized carbons (Fsp3) is 0.150. The number of rotatable bonds is 5. The summed E-state index contributed by atoms with van der Waals surface area (Å²) in [5, 5.41) is 0.588. The van der Waals surface area contributed by atoms with Crippen LogP contribution >= 0.6 is 0 Å². The van der Waals surface area contributed by atoms with Gasteiger partial charge in [-0.3, -0.25) is 4.79 Å². The second-order valence-corrected chi connectivity index (χ2v) is 5.15. The van der Waals surface area contributed by atoms with Gasteiger partial charge in [-0.2, -0.15) is 0 Å². The van der Waals surface area contributed by atoms with Crippen molar-refractivity contribution in [1.29, 1.82) is 0 Å². The summed E-state index contributed by atoms with van der Waals surface area (Å²) in [5.74, 6) is 3.90. The Morgan fingerprint density at radius 3 is 2.65 bits per heavy atom. The predicted molar refractivity (Wildman–Crippen MR) is 91.5 cm³/mol. The number of ether oxygens (including phenoxy) is 1. The van der Waals surface area contributed by atoms with Crippen molar-refractivity contribution in [2.24, 2.45) is 0 Å². The van der Waals surface area contributed by atoms with Crippen molar-refractivity contribution in [3.05, 3.63) is 64.8 Å². The molecule has 114 valence electrons. The van der Waals surface area contributed by atoms with Crippen LogP contribution in [-0.2, 0) is 0 Å². The van der Waals surface area contributed by atoms with Crippen molar-refractivity contribution < 1.29 is 9.15 Å². The quantitative estimate of drug-likeness (QED) is 0.522. The van der Waals surface area contributed by atoms with Crippen LogP contribution in [0.5, 0.6) is 5.75 Å². The van der Waals surface area contributed by atoms with Crippen molar-refractivity contribution in [1.82, 2.24) is 0 Å². The molecule has 3 aromatic rings. The molecule has 3 heteroatoms. The van der Waals surface area contributed by atoms with Crippen molar-refractivity contribution in [3.8, 4) is 29.4 Å². The number of fused-ring (bicyclic) bond motifs is 1. The minimum Gasteiger partial charge on any atom is -0.494 e. The molecule has 0 atom stereocenters. The maximum atomic E-state index is 12.1. The lowest BCUT2D eigenvalue weighted by Crippen LogP contribution is -2.00. The molecule has 3 rings (SSSR count). The monoisotopic (exact) mass is 304 g/mol. The summed E-state index contributed by atoms with van der Waals surface area (Å²) in [6.45, 7) is 0.592. The lowest BCUT2D eigenvalue weighted by atomic mass is 10.1. The van der Waals surface area contributed by atoms with Gasteiger partial charge in [0.25, 0.3) is 0 Å². The highest BCUT2D eigenvalue weighted by atomic mass is 16.5. The van der Waals surface area contributed by atoms with Crippen molar-refractivity contribution >= 4 is 11.0 Å². The Kier molecular flexibility index (Phi) is 4.44. The maximum absolute atomic E-state index is 12.1. The normalized spacial score (nSPS) is 10.4. The van der Waals surface area contributed by atoms with Gasteiger partial charge in [0.15, 0.2) is 5.43 Å². The first-order valence-electron chi connectivity index (χ1n) is 7.47. The third-order valence-corrected chi connectivity index (χ3v) is 3.51. The molecule has 3 nitrogen and oxygen atoms in total. The topological polar surface area (TPSA) is 39.4 Å². The second kappa shape index (κ2) is 6.85. The zero-order chi connectivity index (χ0) is 16.1. The first-order valence-corrected chi connectivity index (χ1v) is 7.47. The van der Waals surface area contributed by atoms with E-state index < -0.39 is 0 Å². The van der Waals surface area contributed by atoms with Gasteiger partial charge in [-0.05, 0) is 42.8 Å². The largest absolute Gasteiger partial charge is 0.494 e. The summed E-state index contributed by atoms with van der Waals surface area (Å²) in [6, 6.07) is 16.2. The van der Waals surface area contributed by atoms with E-state index in [2.05, 4.69) is 5.92 Å². The molecule has 0 fully saturated rings. The molecule has 0 spiro atoms. The van der Waals surface area contributed by atoms with Crippen molar-refractivity contribution in [3.63, 3.8) is 0 Å². The van der Waals surface area contributed by atoms with E-state index in [0.29, 0.717) is 29.8 Å². The molecule has 1 aromatic heterocycles. The molecule has 0 aliphatic heterocycles. The van der Waals surface area contributed by atoms with E-state index in [1.165, 1.54) is 6.07 Å². The highest BCUT2D eigenvalue weighted by Gasteiger charge is 2.06. The van der Waals surface area contributed by atoms with Gasteiger partial charge in [-0.15, -0.1) is 12.3 Å². The first kappa shape index (κ1) is 14.9. The number of unbranched alkanes of at least 4 members (excludes halogenated alkanes) is 1. The van der Waals surface area contributed by atoms with Gasteiger partial charge in [-0.1, -0.05) is 12.1 Å². The van der Waals surface area contributed by atoms with Crippen LogP contribution in [0.25, 0.3) is 22.3 Å². The van der Waals surface area contributed by atoms with Gasteiger partial charge < -0.3 is 9.15 Å². The van der Waals surface area contributed by atoms with E-state index in [-0.39, 0.29) is 5.43 Å². The van der Waals surface area contributed by atoms with Crippen molar-refractivity contribution in [2.75, 3.05) is 6.61 Å². The molecule has 23 heavy (non-hydrogen) atoms. The fourth-order valence-electron chi connectivity index (χ4n) is 2.33. The lowest BCUT2D eigenvalue weighted by molar-refractivity contribution is 0.313. The Bertz CT molecular complexity index is 899. The van der Waals surface area contributed by atoms with Crippen LogP contribution < -0.4 is 10.2 Å². The summed E-state index contributed by atoms with van der Waals surface area (Å²) < 4.78 is 11.4. The van der Waals surface area contributed by atoms with E-state index >= 15 is 0 Å². The SMILES string of the molecule is C#CCCCOc1ccc(-c2cc(=O)c3ccccc3o2)cc1. The predicted octanol–water partition coefficient (Wildman–Crippen LogP) is 4.25. The van der Waals surface area contributed by atoms with E-state index in [1.807, 2.05) is 36.4 Å². The zero-order valence-corrected chi connectivity index (χ0v) is 12.6. The molecule has 0 aliphatic rings. The molecule has 0 N–H and O–H groups in total. The number of hydrogen-bond acceptors (Lipinski definition) is 3. The number of terminal acetylenes is 1. The molecular weight excluding hydrogens is 288 g/mol. The summed E-state index contributed by atoms with van der Waals surface area (Å²) in [4.78, 5) is 12.1. The van der Waals surface area contributed by atoms with Gasteiger partial charge in [0.1, 0.15) is 17.1 Å². The Morgan fingerprint density at radius 1 is 1.09 bits per heavy atom. The molecule has 2 aromatic carbocycles. The Labute approximate surface area is 134 Å². The van der Waals surface area contributed by atoms with Crippen molar-refractivity contribution in [2.45, 2.75) is 12.8 Å². The minimum absolute atomic E-state index is 0.0449. The molecule has 0 saturated heterocycles. The second-order valence-electron chi connectivity index (χ2n) is 5.15. The zero-order valence-electron chi connectivity index (χ0n) is 12.6. The van der Waals surface area contributed by atoms with E-state index in [9.17, 15) is 4.79 Å². The number of para-hydroxylation sites is 1. The standard InChI is InChI=1S/C20H16O3/c1-2-3-6-13-22-16-11-9-15(10-12-16)20-14-18(21)17-7-4-5-8-19(17)23-20/h1,4-5,7-12,14H,3,6,13H2. The van der Waals surface area contributed by atoms with Gasteiger partial charge in [0, 0.05) is 18.1 Å². The molecule has 1 heterocycles. The van der Waals surface area contributed by atoms with Crippen LogP contribution in [0.15, 0.2) is 63.8 Å². The molecule has 0 aliphatic carbocycles. The average molecular weight is 304 g/mol. The third kappa shape index (κ3) is 3.44. The van der Waals surface area contributed by atoms with Gasteiger partial charge in [0.05, 0.1) is 12.0 Å². The third-order valence-electron chi connectivity index (χ3n) is 3.51. The lowest BCUT2D eigenvalue weighted by Gasteiger charge is -2.07. The highest BCUT2D eigenvalue weighted by Crippen LogP contribution is 2.24. The number of benzene rings is 2. The fourth-order valence-corrected chi connectivity index (χ4v) is 2.33.